The van der Waals surface area contributed by atoms with E-state index in [2.05, 4.69) is 30.8 Å². The minimum atomic E-state index is 0.345. The molecular formula is C16H26N2O. The standard InChI is InChI=1S/C16H26N2O/c1-13(11-14-6-8-16(19)9-7-14)18(3)12-15-5-4-10-17(15)2/h6-9,13,15,19H,4-5,10-12H2,1-3H3. The molecule has 106 valence electrons. The number of likely N-dealkylation sites (N-methyl/N-ethyl adjacent to an activating group) is 2. The number of hydrogen-bond acceptors (Lipinski definition) is 3. The molecule has 2 rings (SSSR count). The van der Waals surface area contributed by atoms with Gasteiger partial charge in [0.1, 0.15) is 5.75 Å². The van der Waals surface area contributed by atoms with Crippen LogP contribution in [0.25, 0.3) is 0 Å². The van der Waals surface area contributed by atoms with E-state index >= 15 is 0 Å². The van der Waals surface area contributed by atoms with Crippen molar-refractivity contribution < 1.29 is 5.11 Å². The van der Waals surface area contributed by atoms with Gasteiger partial charge in [0.15, 0.2) is 0 Å². The summed E-state index contributed by atoms with van der Waals surface area (Å²) in [5.74, 6) is 0.345. The van der Waals surface area contributed by atoms with Gasteiger partial charge in [0.2, 0.25) is 0 Å². The first kappa shape index (κ1) is 14.4. The van der Waals surface area contributed by atoms with E-state index in [1.54, 1.807) is 12.1 Å². The van der Waals surface area contributed by atoms with E-state index in [4.69, 9.17) is 0 Å². The lowest BCUT2D eigenvalue weighted by Gasteiger charge is -2.30. The van der Waals surface area contributed by atoms with Crippen LogP contribution in [0.4, 0.5) is 0 Å². The SMILES string of the molecule is CC(Cc1ccc(O)cc1)N(C)CC1CCCN1C. The van der Waals surface area contributed by atoms with Crippen LogP contribution in [-0.2, 0) is 6.42 Å². The molecule has 1 saturated heterocycles. The Morgan fingerprint density at radius 3 is 2.63 bits per heavy atom. The van der Waals surface area contributed by atoms with Crippen molar-refractivity contribution in [1.82, 2.24) is 9.80 Å². The van der Waals surface area contributed by atoms with E-state index in [9.17, 15) is 5.11 Å². The van der Waals surface area contributed by atoms with E-state index in [0.717, 1.165) is 13.0 Å². The fourth-order valence-corrected chi connectivity index (χ4v) is 2.85. The summed E-state index contributed by atoms with van der Waals surface area (Å²) in [6, 6.07) is 8.81. The lowest BCUT2D eigenvalue weighted by atomic mass is 10.1. The van der Waals surface area contributed by atoms with Crippen LogP contribution < -0.4 is 0 Å². The van der Waals surface area contributed by atoms with Crippen LogP contribution in [-0.4, -0.2) is 54.2 Å². The van der Waals surface area contributed by atoms with E-state index in [1.165, 1.54) is 24.9 Å². The summed E-state index contributed by atoms with van der Waals surface area (Å²) >= 11 is 0. The number of phenols is 1. The van der Waals surface area contributed by atoms with Gasteiger partial charge in [-0.05, 0) is 64.5 Å². The van der Waals surface area contributed by atoms with Crippen molar-refractivity contribution in [3.63, 3.8) is 0 Å². The molecule has 1 N–H and O–H groups in total. The maximum atomic E-state index is 9.30. The number of nitrogens with zero attached hydrogens (tertiary/aromatic N) is 2. The number of aromatic hydroxyl groups is 1. The molecule has 1 aliphatic heterocycles. The molecular weight excluding hydrogens is 236 g/mol. The van der Waals surface area contributed by atoms with Crippen LogP contribution in [0.3, 0.4) is 0 Å². The van der Waals surface area contributed by atoms with E-state index < -0.39 is 0 Å². The van der Waals surface area contributed by atoms with Crippen LogP contribution in [0.5, 0.6) is 5.75 Å². The Bertz CT molecular complexity index is 390. The van der Waals surface area contributed by atoms with Crippen molar-refractivity contribution in [3.05, 3.63) is 29.8 Å². The predicted molar refractivity (Wildman–Crippen MR) is 79.6 cm³/mol. The highest BCUT2D eigenvalue weighted by Crippen LogP contribution is 2.18. The highest BCUT2D eigenvalue weighted by molar-refractivity contribution is 5.26. The average Bonchev–Trinajstić information content (AvgIpc) is 2.78. The summed E-state index contributed by atoms with van der Waals surface area (Å²) in [5.41, 5.74) is 1.29. The third-order valence-corrected chi connectivity index (χ3v) is 4.39. The van der Waals surface area contributed by atoms with Crippen molar-refractivity contribution in [2.24, 2.45) is 0 Å². The first-order chi connectivity index (χ1) is 9.06. The molecule has 19 heavy (non-hydrogen) atoms. The van der Waals surface area contributed by atoms with Gasteiger partial charge in [-0.1, -0.05) is 12.1 Å². The maximum Gasteiger partial charge on any atom is 0.115 e. The Balaban J connectivity index is 1.84. The lowest BCUT2D eigenvalue weighted by Crippen LogP contribution is -2.41. The third kappa shape index (κ3) is 3.95. The first-order valence-corrected chi connectivity index (χ1v) is 7.24. The van der Waals surface area contributed by atoms with Crippen LogP contribution in [0, 0.1) is 0 Å². The van der Waals surface area contributed by atoms with Gasteiger partial charge in [0, 0.05) is 18.6 Å². The van der Waals surface area contributed by atoms with Crippen molar-refractivity contribution in [2.45, 2.75) is 38.3 Å². The first-order valence-electron chi connectivity index (χ1n) is 7.24. The molecule has 0 saturated carbocycles. The zero-order valence-electron chi connectivity index (χ0n) is 12.3. The van der Waals surface area contributed by atoms with E-state index in [0.29, 0.717) is 17.8 Å². The molecule has 2 unspecified atom stereocenters. The number of rotatable bonds is 5. The summed E-state index contributed by atoms with van der Waals surface area (Å²) < 4.78 is 0. The van der Waals surface area contributed by atoms with Crippen LogP contribution in [0.1, 0.15) is 25.3 Å². The smallest absolute Gasteiger partial charge is 0.115 e. The molecule has 3 nitrogen and oxygen atoms in total. The number of likely N-dealkylation sites (tertiary alicyclic amines) is 1. The van der Waals surface area contributed by atoms with Gasteiger partial charge in [-0.15, -0.1) is 0 Å². The Kier molecular flexibility index (Phi) is 4.83. The molecule has 0 amide bonds. The van der Waals surface area contributed by atoms with Gasteiger partial charge in [0.05, 0.1) is 0 Å². The van der Waals surface area contributed by atoms with E-state index in [-0.39, 0.29) is 0 Å². The normalized spacial score (nSPS) is 22.0. The second-order valence-electron chi connectivity index (χ2n) is 5.94. The molecule has 0 aromatic heterocycles. The quantitative estimate of drug-likeness (QED) is 0.882. The lowest BCUT2D eigenvalue weighted by molar-refractivity contribution is 0.183. The van der Waals surface area contributed by atoms with Crippen molar-refractivity contribution in [2.75, 3.05) is 27.2 Å². The minimum absolute atomic E-state index is 0.345. The molecule has 1 aromatic carbocycles. The fraction of sp³-hybridized carbons (Fsp3) is 0.625. The number of hydrogen-bond donors (Lipinski definition) is 1. The molecule has 1 aromatic rings. The molecule has 1 aliphatic rings. The molecule has 0 radical (unpaired) electrons. The van der Waals surface area contributed by atoms with Gasteiger partial charge in [-0.2, -0.15) is 0 Å². The average molecular weight is 262 g/mol. The van der Waals surface area contributed by atoms with Gasteiger partial charge in [-0.25, -0.2) is 0 Å². The molecule has 1 heterocycles. The zero-order valence-corrected chi connectivity index (χ0v) is 12.3. The van der Waals surface area contributed by atoms with Gasteiger partial charge >= 0.3 is 0 Å². The summed E-state index contributed by atoms with van der Waals surface area (Å²) in [6.07, 6.45) is 3.70. The summed E-state index contributed by atoms with van der Waals surface area (Å²) in [6.45, 7) is 4.67. The highest BCUT2D eigenvalue weighted by Gasteiger charge is 2.23. The topological polar surface area (TPSA) is 26.7 Å². The molecule has 2 atom stereocenters. The fourth-order valence-electron chi connectivity index (χ4n) is 2.85. The molecule has 0 aliphatic carbocycles. The van der Waals surface area contributed by atoms with Crippen LogP contribution in [0.2, 0.25) is 0 Å². The number of benzene rings is 1. The van der Waals surface area contributed by atoms with Crippen molar-refractivity contribution in [1.29, 1.82) is 0 Å². The summed E-state index contributed by atoms with van der Waals surface area (Å²) in [4.78, 5) is 4.93. The minimum Gasteiger partial charge on any atom is -0.508 e. The van der Waals surface area contributed by atoms with Crippen LogP contribution in [0.15, 0.2) is 24.3 Å². The van der Waals surface area contributed by atoms with Gasteiger partial charge in [-0.3, -0.25) is 0 Å². The highest BCUT2D eigenvalue weighted by atomic mass is 16.3. The largest absolute Gasteiger partial charge is 0.508 e. The Hall–Kier alpha value is -1.06. The third-order valence-electron chi connectivity index (χ3n) is 4.39. The second kappa shape index (κ2) is 6.40. The van der Waals surface area contributed by atoms with Crippen LogP contribution >= 0.6 is 0 Å². The molecule has 0 spiro atoms. The van der Waals surface area contributed by atoms with E-state index in [1.807, 2.05) is 12.1 Å². The Morgan fingerprint density at radius 1 is 1.37 bits per heavy atom. The van der Waals surface area contributed by atoms with Gasteiger partial charge < -0.3 is 14.9 Å². The van der Waals surface area contributed by atoms with Crippen molar-refractivity contribution in [3.8, 4) is 5.75 Å². The predicted octanol–water partition coefficient (Wildman–Crippen LogP) is 2.35. The monoisotopic (exact) mass is 262 g/mol. The summed E-state index contributed by atoms with van der Waals surface area (Å²) in [5, 5.41) is 9.30. The number of phenolic OH excluding ortho intramolecular Hbond substituents is 1. The zero-order chi connectivity index (χ0) is 13.8. The van der Waals surface area contributed by atoms with Gasteiger partial charge in [0.25, 0.3) is 0 Å². The molecule has 1 fully saturated rings. The summed E-state index contributed by atoms with van der Waals surface area (Å²) in [7, 11) is 4.45. The molecule has 0 bridgehead atoms. The maximum absolute atomic E-state index is 9.30. The van der Waals surface area contributed by atoms with Crippen molar-refractivity contribution >= 4 is 0 Å². The Labute approximate surface area is 116 Å². The second-order valence-corrected chi connectivity index (χ2v) is 5.94. The molecule has 3 heteroatoms. The Morgan fingerprint density at radius 2 is 2.05 bits per heavy atom.